The molecule has 0 unspecified atom stereocenters. The van der Waals surface area contributed by atoms with Gasteiger partial charge in [0.1, 0.15) is 10.5 Å². The number of nitrogens with zero attached hydrogens (tertiary/aromatic N) is 1. The number of hydrogen-bond donors (Lipinski definition) is 2. The fraction of sp³-hybridized carbons (Fsp3) is 0.385. The van der Waals surface area contributed by atoms with E-state index in [1.165, 1.54) is 0 Å². The topological polar surface area (TPSA) is 58.4 Å². The number of nitrogens with one attached hydrogen (secondary N) is 1. The van der Waals surface area contributed by atoms with E-state index in [1.54, 1.807) is 0 Å². The molecule has 1 saturated heterocycles. The Labute approximate surface area is 126 Å². The van der Waals surface area contributed by atoms with Gasteiger partial charge in [-0.2, -0.15) is 0 Å². The van der Waals surface area contributed by atoms with Gasteiger partial charge in [-0.3, -0.25) is 4.79 Å². The van der Waals surface area contributed by atoms with Crippen molar-refractivity contribution < 1.29 is 4.79 Å². The maximum absolute atomic E-state index is 12.0. The highest BCUT2D eigenvalue weighted by molar-refractivity contribution is 9.10. The predicted molar refractivity (Wildman–Crippen MR) is 84.5 cm³/mol. The number of anilines is 1. The molecule has 6 heteroatoms. The molecular formula is C13H16BrN3OS. The largest absolute Gasteiger partial charge is 0.389 e. The third kappa shape index (κ3) is 2.47. The lowest BCUT2D eigenvalue weighted by molar-refractivity contribution is -0.126. The summed E-state index contributed by atoms with van der Waals surface area (Å²) in [5.41, 5.74) is 6.86. The highest BCUT2D eigenvalue weighted by atomic mass is 79.9. The Morgan fingerprint density at radius 2 is 2.21 bits per heavy atom. The molecule has 2 rings (SSSR count). The van der Waals surface area contributed by atoms with Gasteiger partial charge in [0.2, 0.25) is 5.91 Å². The fourth-order valence-electron chi connectivity index (χ4n) is 2.30. The number of hydrogen-bond acceptors (Lipinski definition) is 3. The molecule has 1 fully saturated rings. The van der Waals surface area contributed by atoms with Crippen LogP contribution in [0.3, 0.4) is 0 Å². The minimum Gasteiger partial charge on any atom is -0.389 e. The van der Waals surface area contributed by atoms with Gasteiger partial charge in [0.15, 0.2) is 0 Å². The van der Waals surface area contributed by atoms with Crippen LogP contribution in [0.25, 0.3) is 0 Å². The van der Waals surface area contributed by atoms with E-state index in [4.69, 9.17) is 18.0 Å². The molecule has 0 atom stereocenters. The Bertz CT molecular complexity index is 545. The Balaban J connectivity index is 2.55. The molecular weight excluding hydrogens is 326 g/mol. The summed E-state index contributed by atoms with van der Waals surface area (Å²) >= 11 is 8.60. The van der Waals surface area contributed by atoms with Crippen molar-refractivity contribution in [1.82, 2.24) is 5.32 Å². The van der Waals surface area contributed by atoms with E-state index in [1.807, 2.05) is 36.9 Å². The third-order valence-corrected chi connectivity index (χ3v) is 4.25. The van der Waals surface area contributed by atoms with Crippen LogP contribution in [0.4, 0.5) is 5.69 Å². The van der Waals surface area contributed by atoms with Crippen LogP contribution in [0.1, 0.15) is 19.4 Å². The first-order chi connectivity index (χ1) is 8.85. The number of amides is 1. The number of halogens is 1. The number of thiocarbonyl (C=S) groups is 1. The Kier molecular flexibility index (Phi) is 3.82. The number of carbonyl (C=O) groups excluding carboxylic acids is 1. The molecule has 0 saturated carbocycles. The summed E-state index contributed by atoms with van der Waals surface area (Å²) < 4.78 is 0.847. The van der Waals surface area contributed by atoms with E-state index in [9.17, 15) is 4.79 Å². The molecule has 4 nitrogen and oxygen atoms in total. The Morgan fingerprint density at radius 1 is 1.53 bits per heavy atom. The van der Waals surface area contributed by atoms with Crippen LogP contribution in [-0.4, -0.2) is 29.5 Å². The molecule has 1 aromatic rings. The fourth-order valence-corrected chi connectivity index (χ4v) is 3.22. The number of piperazine rings is 1. The SMILES string of the molecule is CC1(C)C(=O)NCCN1c1cccc(Br)c1C(N)=S. The molecule has 1 aliphatic rings. The summed E-state index contributed by atoms with van der Waals surface area (Å²) in [4.78, 5) is 14.4. The van der Waals surface area contributed by atoms with Gasteiger partial charge in [-0.05, 0) is 41.9 Å². The molecule has 3 N–H and O–H groups in total. The highest BCUT2D eigenvalue weighted by Gasteiger charge is 2.38. The van der Waals surface area contributed by atoms with Gasteiger partial charge < -0.3 is 16.0 Å². The van der Waals surface area contributed by atoms with Crippen LogP contribution in [-0.2, 0) is 4.79 Å². The second-order valence-corrected chi connectivity index (χ2v) is 6.26. The number of nitrogens with two attached hydrogens (primary N) is 1. The summed E-state index contributed by atoms with van der Waals surface area (Å²) in [5.74, 6) is 0.00705. The Morgan fingerprint density at radius 3 is 2.84 bits per heavy atom. The monoisotopic (exact) mass is 341 g/mol. The van der Waals surface area contributed by atoms with Gasteiger partial charge in [-0.1, -0.05) is 18.3 Å². The summed E-state index contributed by atoms with van der Waals surface area (Å²) in [5, 5.41) is 2.88. The molecule has 0 bridgehead atoms. The van der Waals surface area contributed by atoms with E-state index >= 15 is 0 Å². The second kappa shape index (κ2) is 5.09. The van der Waals surface area contributed by atoms with Crippen LogP contribution in [0, 0.1) is 0 Å². The molecule has 0 aliphatic carbocycles. The molecule has 0 radical (unpaired) electrons. The first-order valence-corrected chi connectivity index (χ1v) is 7.20. The van der Waals surface area contributed by atoms with E-state index in [-0.39, 0.29) is 5.91 Å². The predicted octanol–water partition coefficient (Wildman–Crippen LogP) is 1.80. The van der Waals surface area contributed by atoms with Crippen molar-refractivity contribution in [2.75, 3.05) is 18.0 Å². The lowest BCUT2D eigenvalue weighted by atomic mass is 9.96. The molecule has 0 aromatic heterocycles. The van der Waals surface area contributed by atoms with Crippen molar-refractivity contribution in [3.8, 4) is 0 Å². The first-order valence-electron chi connectivity index (χ1n) is 6.00. The van der Waals surface area contributed by atoms with E-state index in [0.29, 0.717) is 11.5 Å². The van der Waals surface area contributed by atoms with E-state index < -0.39 is 5.54 Å². The second-order valence-electron chi connectivity index (χ2n) is 4.96. The van der Waals surface area contributed by atoms with Crippen molar-refractivity contribution in [3.05, 3.63) is 28.2 Å². The zero-order valence-corrected chi connectivity index (χ0v) is 13.3. The molecule has 0 spiro atoms. The van der Waals surface area contributed by atoms with Crippen molar-refractivity contribution in [1.29, 1.82) is 0 Å². The highest BCUT2D eigenvalue weighted by Crippen LogP contribution is 2.33. The minimum atomic E-state index is -0.626. The van der Waals surface area contributed by atoms with Crippen LogP contribution in [0.15, 0.2) is 22.7 Å². The van der Waals surface area contributed by atoms with Crippen molar-refractivity contribution in [2.45, 2.75) is 19.4 Å². The summed E-state index contributed by atoms with van der Waals surface area (Å²) in [6.07, 6.45) is 0. The average Bonchev–Trinajstić information content (AvgIpc) is 2.31. The Hall–Kier alpha value is -1.14. The number of rotatable bonds is 2. The standard InChI is InChI=1S/C13H16BrN3OS/c1-13(2)12(18)16-6-7-17(13)9-5-3-4-8(14)10(9)11(15)19/h3-5H,6-7H2,1-2H3,(H2,15,19)(H,16,18). The smallest absolute Gasteiger partial charge is 0.245 e. The summed E-state index contributed by atoms with van der Waals surface area (Å²) in [6, 6.07) is 5.76. The number of benzene rings is 1. The zero-order valence-electron chi connectivity index (χ0n) is 10.9. The van der Waals surface area contributed by atoms with Crippen LogP contribution >= 0.6 is 28.1 Å². The van der Waals surface area contributed by atoms with Crippen molar-refractivity contribution in [3.63, 3.8) is 0 Å². The lowest BCUT2D eigenvalue weighted by Crippen LogP contribution is -2.62. The van der Waals surface area contributed by atoms with Gasteiger partial charge >= 0.3 is 0 Å². The lowest BCUT2D eigenvalue weighted by Gasteiger charge is -2.43. The summed E-state index contributed by atoms with van der Waals surface area (Å²) in [7, 11) is 0. The quantitative estimate of drug-likeness (QED) is 0.805. The third-order valence-electron chi connectivity index (χ3n) is 3.38. The van der Waals surface area contributed by atoms with Gasteiger partial charge in [0, 0.05) is 28.8 Å². The molecule has 1 aliphatic heterocycles. The molecule has 1 aromatic carbocycles. The maximum Gasteiger partial charge on any atom is 0.245 e. The van der Waals surface area contributed by atoms with Crippen LogP contribution in [0.5, 0.6) is 0 Å². The van der Waals surface area contributed by atoms with Crippen molar-refractivity contribution in [2.24, 2.45) is 5.73 Å². The minimum absolute atomic E-state index is 0.00705. The molecule has 1 heterocycles. The molecule has 19 heavy (non-hydrogen) atoms. The molecule has 102 valence electrons. The average molecular weight is 342 g/mol. The normalized spacial score (nSPS) is 18.1. The first kappa shape index (κ1) is 14.3. The van der Waals surface area contributed by atoms with Crippen molar-refractivity contribution >= 4 is 44.7 Å². The number of carbonyl (C=O) groups is 1. The van der Waals surface area contributed by atoms with Gasteiger partial charge in [-0.15, -0.1) is 0 Å². The molecule has 1 amide bonds. The van der Waals surface area contributed by atoms with Gasteiger partial charge in [0.05, 0.1) is 0 Å². The van der Waals surface area contributed by atoms with Gasteiger partial charge in [0.25, 0.3) is 0 Å². The van der Waals surface area contributed by atoms with E-state index in [2.05, 4.69) is 21.2 Å². The maximum atomic E-state index is 12.0. The van der Waals surface area contributed by atoms with Gasteiger partial charge in [-0.25, -0.2) is 0 Å². The van der Waals surface area contributed by atoms with Crippen LogP contribution < -0.4 is 16.0 Å². The van der Waals surface area contributed by atoms with E-state index in [0.717, 1.165) is 22.3 Å². The van der Waals surface area contributed by atoms with Crippen LogP contribution in [0.2, 0.25) is 0 Å². The summed E-state index contributed by atoms with van der Waals surface area (Å²) in [6.45, 7) is 5.13. The zero-order chi connectivity index (χ0) is 14.2.